The summed E-state index contributed by atoms with van der Waals surface area (Å²) in [5.74, 6) is 0. The summed E-state index contributed by atoms with van der Waals surface area (Å²) in [6.45, 7) is 0. The van der Waals surface area contributed by atoms with Crippen LogP contribution in [0.3, 0.4) is 0 Å². The minimum atomic E-state index is 0.572. The number of anilines is 1. The second-order valence-electron chi connectivity index (χ2n) is 3.03. The van der Waals surface area contributed by atoms with E-state index in [2.05, 4.69) is 10.7 Å². The summed E-state index contributed by atoms with van der Waals surface area (Å²) in [5, 5.41) is 0.712. The van der Waals surface area contributed by atoms with Crippen LogP contribution in [0.15, 0.2) is 0 Å². The van der Waals surface area contributed by atoms with E-state index in [1.807, 2.05) is 0 Å². The molecule has 1 aliphatic rings. The molecule has 0 unspecified atom stereocenters. The molecule has 0 saturated heterocycles. The Balaban J connectivity index is 2.34. The first kappa shape index (κ1) is 7.06. The van der Waals surface area contributed by atoms with Crippen molar-refractivity contribution in [1.82, 2.24) is 4.98 Å². The highest BCUT2D eigenvalue weighted by molar-refractivity contribution is 7.15. The minimum absolute atomic E-state index is 0.572. The molecular weight excluding hydrogens is 158 g/mol. The number of aromatic nitrogens is 1. The molecule has 0 aromatic carbocycles. The summed E-state index contributed by atoms with van der Waals surface area (Å²) >= 11 is 1.62. The zero-order chi connectivity index (χ0) is 7.84. The quantitative estimate of drug-likeness (QED) is 0.567. The molecule has 0 aliphatic heterocycles. The second kappa shape index (κ2) is 2.46. The van der Waals surface area contributed by atoms with E-state index in [-0.39, 0.29) is 0 Å². The third kappa shape index (κ3) is 1.23. The van der Waals surface area contributed by atoms with Gasteiger partial charge in [0.2, 0.25) is 0 Å². The van der Waals surface area contributed by atoms with Crippen LogP contribution in [0.1, 0.15) is 17.0 Å². The maximum Gasteiger partial charge on any atom is 0.180 e. The molecule has 3 nitrogen and oxygen atoms in total. The number of hydrogen-bond acceptors (Lipinski definition) is 3. The Labute approximate surface area is 69.4 Å². The van der Waals surface area contributed by atoms with Crippen LogP contribution < -0.4 is 11.5 Å². The molecule has 1 aromatic rings. The van der Waals surface area contributed by atoms with Gasteiger partial charge in [-0.15, -0.1) is 11.3 Å². The number of quaternary nitrogens is 1. The van der Waals surface area contributed by atoms with Crippen molar-refractivity contribution in [1.29, 1.82) is 0 Å². The van der Waals surface area contributed by atoms with Crippen molar-refractivity contribution in [3.63, 3.8) is 0 Å². The third-order valence-corrected chi connectivity index (χ3v) is 3.01. The number of nitrogens with zero attached hydrogens (tertiary/aromatic N) is 1. The van der Waals surface area contributed by atoms with Crippen LogP contribution in [0.25, 0.3) is 0 Å². The summed E-state index contributed by atoms with van der Waals surface area (Å²) < 4.78 is 0. The van der Waals surface area contributed by atoms with E-state index in [1.165, 1.54) is 10.6 Å². The van der Waals surface area contributed by atoms with Gasteiger partial charge in [0, 0.05) is 17.7 Å². The highest BCUT2D eigenvalue weighted by Crippen LogP contribution is 2.26. The molecule has 60 valence electrons. The smallest absolute Gasteiger partial charge is 0.180 e. The monoisotopic (exact) mass is 170 g/mol. The molecule has 5 N–H and O–H groups in total. The molecule has 0 bridgehead atoms. The van der Waals surface area contributed by atoms with Crippen LogP contribution in [0.2, 0.25) is 0 Å². The first-order chi connectivity index (χ1) is 5.25. The lowest BCUT2D eigenvalue weighted by atomic mass is 9.99. The van der Waals surface area contributed by atoms with Crippen molar-refractivity contribution in [3.05, 3.63) is 10.6 Å². The predicted molar refractivity (Wildman–Crippen MR) is 45.2 cm³/mol. The second-order valence-corrected chi connectivity index (χ2v) is 4.15. The molecule has 0 saturated carbocycles. The molecule has 1 aromatic heterocycles. The third-order valence-electron chi connectivity index (χ3n) is 2.06. The van der Waals surface area contributed by atoms with Crippen molar-refractivity contribution < 1.29 is 5.73 Å². The van der Waals surface area contributed by atoms with Crippen LogP contribution in [-0.2, 0) is 12.8 Å². The van der Waals surface area contributed by atoms with Gasteiger partial charge in [0.15, 0.2) is 5.13 Å². The maximum absolute atomic E-state index is 5.59. The molecule has 0 radical (unpaired) electrons. The van der Waals surface area contributed by atoms with Gasteiger partial charge in [0.05, 0.1) is 11.7 Å². The Kier molecular flexibility index (Phi) is 1.58. The Bertz CT molecular complexity index is 269. The zero-order valence-electron chi connectivity index (χ0n) is 6.34. The zero-order valence-corrected chi connectivity index (χ0v) is 7.16. The van der Waals surface area contributed by atoms with Crippen molar-refractivity contribution >= 4 is 16.5 Å². The highest BCUT2D eigenvalue weighted by Gasteiger charge is 2.20. The topological polar surface area (TPSA) is 66.5 Å². The van der Waals surface area contributed by atoms with Gasteiger partial charge in [-0.3, -0.25) is 0 Å². The van der Waals surface area contributed by atoms with Crippen LogP contribution in [0.5, 0.6) is 0 Å². The van der Waals surface area contributed by atoms with Crippen molar-refractivity contribution in [2.45, 2.75) is 25.3 Å². The fraction of sp³-hybridized carbons (Fsp3) is 0.571. The van der Waals surface area contributed by atoms with E-state index in [9.17, 15) is 0 Å². The largest absolute Gasteiger partial charge is 0.375 e. The number of fused-ring (bicyclic) bond motifs is 1. The maximum atomic E-state index is 5.59. The summed E-state index contributed by atoms with van der Waals surface area (Å²) in [6.07, 6.45) is 3.30. The average Bonchev–Trinajstić information content (AvgIpc) is 2.27. The van der Waals surface area contributed by atoms with Gasteiger partial charge in [-0.2, -0.15) is 0 Å². The number of aryl methyl sites for hydroxylation is 1. The number of hydrogen-bond donors (Lipinski definition) is 2. The molecule has 11 heavy (non-hydrogen) atoms. The summed E-state index contributed by atoms with van der Waals surface area (Å²) in [4.78, 5) is 5.61. The van der Waals surface area contributed by atoms with Crippen molar-refractivity contribution in [2.24, 2.45) is 0 Å². The van der Waals surface area contributed by atoms with E-state index in [0.717, 1.165) is 19.3 Å². The molecular formula is C7H12N3S+. The van der Waals surface area contributed by atoms with Gasteiger partial charge in [0.25, 0.3) is 0 Å². The van der Waals surface area contributed by atoms with Gasteiger partial charge in [-0.25, -0.2) is 4.98 Å². The average molecular weight is 170 g/mol. The van der Waals surface area contributed by atoms with Crippen molar-refractivity contribution in [3.8, 4) is 0 Å². The number of thiazole rings is 1. The number of nitrogen functional groups attached to an aromatic ring is 1. The van der Waals surface area contributed by atoms with Crippen LogP contribution in [0, 0.1) is 0 Å². The van der Waals surface area contributed by atoms with E-state index < -0.39 is 0 Å². The van der Waals surface area contributed by atoms with Gasteiger partial charge < -0.3 is 11.5 Å². The number of nitrogens with two attached hydrogens (primary N) is 1. The van der Waals surface area contributed by atoms with Crippen LogP contribution in [0.4, 0.5) is 5.13 Å². The summed E-state index contributed by atoms with van der Waals surface area (Å²) in [6, 6.07) is 0.572. The Morgan fingerprint density at radius 2 is 2.45 bits per heavy atom. The van der Waals surface area contributed by atoms with E-state index in [1.54, 1.807) is 11.3 Å². The lowest BCUT2D eigenvalue weighted by Gasteiger charge is -2.12. The molecule has 2 rings (SSSR count). The molecule has 1 aliphatic carbocycles. The summed E-state index contributed by atoms with van der Waals surface area (Å²) in [7, 11) is 0. The molecule has 1 atom stereocenters. The minimum Gasteiger partial charge on any atom is -0.375 e. The number of rotatable bonds is 0. The van der Waals surface area contributed by atoms with Crippen LogP contribution in [-0.4, -0.2) is 11.0 Å². The SMILES string of the molecule is Nc1nc2c(s1)C[C@@H]([NH3+])CC2. The first-order valence-corrected chi connectivity index (χ1v) is 4.64. The first-order valence-electron chi connectivity index (χ1n) is 3.83. The fourth-order valence-corrected chi connectivity index (χ4v) is 2.46. The van der Waals surface area contributed by atoms with Gasteiger partial charge >= 0.3 is 0 Å². The molecule has 1 heterocycles. The van der Waals surface area contributed by atoms with E-state index in [4.69, 9.17) is 5.73 Å². The fourth-order valence-electron chi connectivity index (χ4n) is 1.46. The van der Waals surface area contributed by atoms with Gasteiger partial charge in [-0.05, 0) is 6.42 Å². The normalized spacial score (nSPS) is 23.2. The Hall–Kier alpha value is -0.610. The highest BCUT2D eigenvalue weighted by atomic mass is 32.1. The van der Waals surface area contributed by atoms with Gasteiger partial charge in [-0.1, -0.05) is 0 Å². The Morgan fingerprint density at radius 3 is 3.27 bits per heavy atom. The van der Waals surface area contributed by atoms with Crippen LogP contribution >= 0.6 is 11.3 Å². The lowest BCUT2D eigenvalue weighted by molar-refractivity contribution is -0.421. The predicted octanol–water partition coefficient (Wildman–Crippen LogP) is -0.176. The molecule has 0 fully saturated rings. The molecule has 0 amide bonds. The molecule has 0 spiro atoms. The standard InChI is InChI=1S/C7H11N3S/c8-4-1-2-5-6(3-4)11-7(9)10-5/h4H,1-3,8H2,(H2,9,10)/p+1/t4-/m0/s1. The lowest BCUT2D eigenvalue weighted by Crippen LogP contribution is -2.62. The summed E-state index contributed by atoms with van der Waals surface area (Å²) in [5.41, 5.74) is 10.8. The van der Waals surface area contributed by atoms with E-state index in [0.29, 0.717) is 11.2 Å². The van der Waals surface area contributed by atoms with E-state index >= 15 is 0 Å². The Morgan fingerprint density at radius 1 is 1.64 bits per heavy atom. The van der Waals surface area contributed by atoms with Gasteiger partial charge in [0.1, 0.15) is 0 Å². The molecule has 4 heteroatoms. The van der Waals surface area contributed by atoms with Crippen molar-refractivity contribution in [2.75, 3.05) is 5.73 Å².